The highest BCUT2D eigenvalue weighted by Crippen LogP contribution is 2.28. The molecule has 1 aliphatic heterocycles. The third-order valence-electron chi connectivity index (χ3n) is 3.69. The number of nitrogens with one attached hydrogen (secondary N) is 1. The fourth-order valence-corrected chi connectivity index (χ4v) is 3.31. The quantitative estimate of drug-likeness (QED) is 0.893. The number of anilines is 3. The van der Waals surface area contributed by atoms with Gasteiger partial charge in [-0.3, -0.25) is 0 Å². The summed E-state index contributed by atoms with van der Waals surface area (Å²) in [6.07, 6.45) is 1.05. The van der Waals surface area contributed by atoms with Crippen LogP contribution in [0, 0.1) is 0 Å². The van der Waals surface area contributed by atoms with Crippen LogP contribution in [0.25, 0.3) is 0 Å². The summed E-state index contributed by atoms with van der Waals surface area (Å²) in [5.74, 6) is 3.28. The van der Waals surface area contributed by atoms with Gasteiger partial charge < -0.3 is 15.1 Å². The Morgan fingerprint density at radius 2 is 2.05 bits per heavy atom. The van der Waals surface area contributed by atoms with Crippen molar-refractivity contribution in [3.8, 4) is 0 Å². The first-order valence-electron chi connectivity index (χ1n) is 7.58. The molecule has 0 spiro atoms. The fraction of sp³-hybridized carbons (Fsp3) is 0.786. The number of hydrogen-bond acceptors (Lipinski definition) is 7. The van der Waals surface area contributed by atoms with Crippen LogP contribution < -0.4 is 15.1 Å². The summed E-state index contributed by atoms with van der Waals surface area (Å²) >= 11 is 2.01. The molecule has 6 nitrogen and oxygen atoms in total. The highest BCUT2D eigenvalue weighted by molar-refractivity contribution is 8.00. The topological polar surface area (TPSA) is 57.2 Å². The predicted molar refractivity (Wildman–Crippen MR) is 91.7 cm³/mol. The summed E-state index contributed by atoms with van der Waals surface area (Å²) in [5, 5.41) is 3.86. The Labute approximate surface area is 131 Å². The van der Waals surface area contributed by atoms with Crippen molar-refractivity contribution in [1.82, 2.24) is 15.0 Å². The first-order valence-corrected chi connectivity index (χ1v) is 8.63. The molecule has 0 aliphatic carbocycles. The molecule has 0 radical (unpaired) electrons. The average Bonchev–Trinajstić information content (AvgIpc) is 2.47. The van der Waals surface area contributed by atoms with Crippen molar-refractivity contribution >= 4 is 29.6 Å². The van der Waals surface area contributed by atoms with E-state index in [9.17, 15) is 0 Å². The first kappa shape index (κ1) is 16.1. The Balaban J connectivity index is 2.30. The van der Waals surface area contributed by atoms with Crippen LogP contribution in [0.1, 0.15) is 27.2 Å². The van der Waals surface area contributed by atoms with Crippen molar-refractivity contribution in [2.45, 2.75) is 38.5 Å². The van der Waals surface area contributed by atoms with Crippen LogP contribution in [0.15, 0.2) is 0 Å². The molecule has 2 unspecified atom stereocenters. The number of thioether (sulfide) groups is 1. The van der Waals surface area contributed by atoms with E-state index in [0.29, 0.717) is 23.2 Å². The summed E-state index contributed by atoms with van der Waals surface area (Å²) in [7, 11) is 3.92. The second kappa shape index (κ2) is 7.15. The van der Waals surface area contributed by atoms with E-state index in [1.807, 2.05) is 30.8 Å². The van der Waals surface area contributed by atoms with E-state index in [1.165, 1.54) is 0 Å². The van der Waals surface area contributed by atoms with Crippen molar-refractivity contribution in [3.63, 3.8) is 0 Å². The van der Waals surface area contributed by atoms with E-state index in [2.05, 4.69) is 45.9 Å². The van der Waals surface area contributed by atoms with E-state index in [4.69, 9.17) is 0 Å². The minimum atomic E-state index is 0.431. The highest BCUT2D eigenvalue weighted by Gasteiger charge is 2.28. The molecule has 1 N–H and O–H groups in total. The molecule has 2 atom stereocenters. The lowest BCUT2D eigenvalue weighted by Crippen LogP contribution is -2.45. The van der Waals surface area contributed by atoms with Gasteiger partial charge in [0.15, 0.2) is 0 Å². The molecule has 118 valence electrons. The third-order valence-corrected chi connectivity index (χ3v) is 5.02. The minimum Gasteiger partial charge on any atom is -0.354 e. The second-order valence-electron chi connectivity index (χ2n) is 5.59. The Morgan fingerprint density at radius 1 is 1.29 bits per heavy atom. The molecule has 7 heteroatoms. The van der Waals surface area contributed by atoms with Gasteiger partial charge in [0.1, 0.15) is 0 Å². The third kappa shape index (κ3) is 3.90. The maximum atomic E-state index is 4.63. The van der Waals surface area contributed by atoms with E-state index < -0.39 is 0 Å². The van der Waals surface area contributed by atoms with Gasteiger partial charge >= 0.3 is 0 Å². The molecule has 0 amide bonds. The summed E-state index contributed by atoms with van der Waals surface area (Å²) in [4.78, 5) is 17.9. The van der Waals surface area contributed by atoms with E-state index >= 15 is 0 Å². The van der Waals surface area contributed by atoms with Crippen LogP contribution in [0.4, 0.5) is 17.8 Å². The van der Waals surface area contributed by atoms with Gasteiger partial charge in [0.25, 0.3) is 0 Å². The molecular weight excluding hydrogens is 284 g/mol. The molecule has 2 heterocycles. The van der Waals surface area contributed by atoms with Gasteiger partial charge in [0, 0.05) is 44.2 Å². The molecule has 0 saturated carbocycles. The first-order chi connectivity index (χ1) is 10.0. The van der Waals surface area contributed by atoms with Gasteiger partial charge in [0.2, 0.25) is 17.8 Å². The average molecular weight is 310 g/mol. The van der Waals surface area contributed by atoms with E-state index in [0.717, 1.165) is 31.2 Å². The number of nitrogens with zero attached hydrogens (tertiary/aromatic N) is 5. The summed E-state index contributed by atoms with van der Waals surface area (Å²) in [5.41, 5.74) is 0. The fourth-order valence-electron chi connectivity index (χ4n) is 2.21. The van der Waals surface area contributed by atoms with Gasteiger partial charge in [-0.15, -0.1) is 0 Å². The van der Waals surface area contributed by atoms with Gasteiger partial charge in [-0.1, -0.05) is 13.8 Å². The zero-order valence-electron chi connectivity index (χ0n) is 13.6. The van der Waals surface area contributed by atoms with Crippen molar-refractivity contribution in [3.05, 3.63) is 0 Å². The maximum Gasteiger partial charge on any atom is 0.232 e. The van der Waals surface area contributed by atoms with Gasteiger partial charge in [0.05, 0.1) is 0 Å². The van der Waals surface area contributed by atoms with Crippen LogP contribution in [-0.2, 0) is 0 Å². The molecule has 21 heavy (non-hydrogen) atoms. The van der Waals surface area contributed by atoms with Crippen LogP contribution in [0.3, 0.4) is 0 Å². The van der Waals surface area contributed by atoms with Crippen LogP contribution in [-0.4, -0.2) is 59.2 Å². The van der Waals surface area contributed by atoms with Crippen LogP contribution >= 0.6 is 11.8 Å². The molecule has 0 bridgehead atoms. The molecular formula is C14H26N6S. The lowest BCUT2D eigenvalue weighted by Gasteiger charge is -2.37. The Kier molecular flexibility index (Phi) is 5.50. The van der Waals surface area contributed by atoms with Gasteiger partial charge in [-0.2, -0.15) is 26.7 Å². The predicted octanol–water partition coefficient (Wildman–Crippen LogP) is 2.09. The monoisotopic (exact) mass is 310 g/mol. The molecule has 1 aromatic rings. The maximum absolute atomic E-state index is 4.63. The van der Waals surface area contributed by atoms with Gasteiger partial charge in [-0.25, -0.2) is 0 Å². The smallest absolute Gasteiger partial charge is 0.232 e. The normalized spacial score (nSPS) is 22.2. The lowest BCUT2D eigenvalue weighted by atomic mass is 10.2. The number of hydrogen-bond donors (Lipinski definition) is 1. The minimum absolute atomic E-state index is 0.431. The summed E-state index contributed by atoms with van der Waals surface area (Å²) < 4.78 is 0. The van der Waals surface area contributed by atoms with Crippen molar-refractivity contribution < 1.29 is 0 Å². The molecule has 1 fully saturated rings. The highest BCUT2D eigenvalue weighted by atomic mass is 32.2. The Bertz CT molecular complexity index is 467. The second-order valence-corrected chi connectivity index (χ2v) is 7.08. The zero-order valence-corrected chi connectivity index (χ0v) is 14.4. The van der Waals surface area contributed by atoms with Crippen molar-refractivity contribution in [1.29, 1.82) is 0 Å². The van der Waals surface area contributed by atoms with Crippen molar-refractivity contribution in [2.75, 3.05) is 48.1 Å². The molecule has 0 aromatic carbocycles. The summed E-state index contributed by atoms with van der Waals surface area (Å²) in [6.45, 7) is 8.51. The number of rotatable bonds is 5. The molecule has 1 aromatic heterocycles. The molecule has 1 aliphatic rings. The Morgan fingerprint density at radius 3 is 2.71 bits per heavy atom. The van der Waals surface area contributed by atoms with Crippen molar-refractivity contribution in [2.24, 2.45) is 0 Å². The SMILES string of the molecule is CCCNc1nc(N(C)C)nc(N2CCSC(C)C2C)n1. The van der Waals surface area contributed by atoms with Crippen LogP contribution in [0.5, 0.6) is 0 Å². The van der Waals surface area contributed by atoms with Crippen LogP contribution in [0.2, 0.25) is 0 Å². The lowest BCUT2D eigenvalue weighted by molar-refractivity contribution is 0.610. The zero-order chi connectivity index (χ0) is 15.4. The Hall–Kier alpha value is -1.24. The van der Waals surface area contributed by atoms with E-state index in [1.54, 1.807) is 0 Å². The van der Waals surface area contributed by atoms with Gasteiger partial charge in [-0.05, 0) is 13.3 Å². The standard InChI is InChI=1S/C14H26N6S/c1-6-7-15-12-16-13(19(4)5)18-14(17-12)20-8-9-21-11(3)10(20)2/h10-11H,6-9H2,1-5H3,(H,15,16,17,18). The summed E-state index contributed by atoms with van der Waals surface area (Å²) in [6, 6.07) is 0.431. The molecule has 1 saturated heterocycles. The number of aromatic nitrogens is 3. The largest absolute Gasteiger partial charge is 0.354 e. The molecule has 2 rings (SSSR count). The van der Waals surface area contributed by atoms with E-state index in [-0.39, 0.29) is 0 Å².